The van der Waals surface area contributed by atoms with Crippen LogP contribution < -0.4 is 19.5 Å². The van der Waals surface area contributed by atoms with Crippen molar-refractivity contribution in [1.82, 2.24) is 10.2 Å². The third-order valence-corrected chi connectivity index (χ3v) is 4.03. The Hall–Kier alpha value is -3.48. The van der Waals surface area contributed by atoms with Gasteiger partial charge >= 0.3 is 0 Å². The predicted molar refractivity (Wildman–Crippen MR) is 95.6 cm³/mol. The van der Waals surface area contributed by atoms with Crippen molar-refractivity contribution in [3.8, 4) is 28.5 Å². The molecule has 0 aliphatic carbocycles. The van der Waals surface area contributed by atoms with Crippen LogP contribution in [0.25, 0.3) is 11.3 Å². The molecule has 2 N–H and O–H groups in total. The zero-order valence-electron chi connectivity index (χ0n) is 14.1. The zero-order valence-corrected chi connectivity index (χ0v) is 14.1. The number of ether oxygens (including phenoxy) is 3. The van der Waals surface area contributed by atoms with Gasteiger partial charge in [0.05, 0.1) is 12.8 Å². The van der Waals surface area contributed by atoms with E-state index in [-0.39, 0.29) is 12.5 Å². The Morgan fingerprint density at radius 2 is 1.96 bits per heavy atom. The van der Waals surface area contributed by atoms with Crippen LogP contribution in [0.1, 0.15) is 0 Å². The molecule has 2 aromatic carbocycles. The molecule has 0 saturated heterocycles. The van der Waals surface area contributed by atoms with Crippen molar-refractivity contribution in [1.29, 1.82) is 0 Å². The predicted octanol–water partition coefficient (Wildman–Crippen LogP) is 2.86. The molecule has 0 spiro atoms. The summed E-state index contributed by atoms with van der Waals surface area (Å²) in [4.78, 5) is 12.5. The number of amides is 1. The summed E-state index contributed by atoms with van der Waals surface area (Å²) in [5.41, 5.74) is 1.60. The lowest BCUT2D eigenvalue weighted by molar-refractivity contribution is -0.125. The third kappa shape index (κ3) is 3.06. The average molecular weight is 351 g/mol. The highest BCUT2D eigenvalue weighted by Gasteiger charge is 2.27. The minimum Gasteiger partial charge on any atom is -0.496 e. The number of fused-ring (bicyclic) bond motifs is 1. The van der Waals surface area contributed by atoms with Crippen LogP contribution in [0.3, 0.4) is 0 Å². The number of para-hydroxylation sites is 3. The highest BCUT2D eigenvalue weighted by Crippen LogP contribution is 2.32. The van der Waals surface area contributed by atoms with Crippen LogP contribution >= 0.6 is 0 Å². The summed E-state index contributed by atoms with van der Waals surface area (Å²) >= 11 is 0. The van der Waals surface area contributed by atoms with Crippen molar-refractivity contribution in [2.75, 3.05) is 19.0 Å². The quantitative estimate of drug-likeness (QED) is 0.755. The fourth-order valence-electron chi connectivity index (χ4n) is 2.75. The maximum Gasteiger partial charge on any atom is 0.270 e. The summed E-state index contributed by atoms with van der Waals surface area (Å²) in [6, 6.07) is 16.6. The highest BCUT2D eigenvalue weighted by molar-refractivity contribution is 5.94. The first-order chi connectivity index (χ1) is 12.7. The van der Waals surface area contributed by atoms with Crippen LogP contribution in [0.4, 0.5) is 5.82 Å². The molecule has 1 aliphatic heterocycles. The fraction of sp³-hybridized carbons (Fsp3) is 0.158. The number of hydrogen-bond donors (Lipinski definition) is 2. The number of hydrogen-bond acceptors (Lipinski definition) is 5. The van der Waals surface area contributed by atoms with Gasteiger partial charge in [0.2, 0.25) is 6.10 Å². The zero-order chi connectivity index (χ0) is 17.9. The highest BCUT2D eigenvalue weighted by atomic mass is 16.6. The molecule has 0 bridgehead atoms. The van der Waals surface area contributed by atoms with E-state index in [2.05, 4.69) is 15.5 Å². The van der Waals surface area contributed by atoms with E-state index in [1.807, 2.05) is 36.4 Å². The Labute approximate surface area is 149 Å². The van der Waals surface area contributed by atoms with Crippen LogP contribution in [-0.4, -0.2) is 35.9 Å². The number of carbonyl (C=O) groups is 1. The molecule has 4 rings (SSSR count). The Morgan fingerprint density at radius 1 is 1.19 bits per heavy atom. The molecule has 1 aromatic heterocycles. The van der Waals surface area contributed by atoms with Crippen molar-refractivity contribution in [3.63, 3.8) is 0 Å². The monoisotopic (exact) mass is 351 g/mol. The standard InChI is InChI=1S/C19H17N3O4/c1-24-14-7-3-2-6-12(14)13-10-18(22-21-13)20-19(23)17-11-25-15-8-4-5-9-16(15)26-17/h2-10,17H,11H2,1H3,(H2,20,21,22,23). The largest absolute Gasteiger partial charge is 0.496 e. The Balaban J connectivity index is 1.47. The second-order valence-corrected chi connectivity index (χ2v) is 5.72. The number of nitrogens with one attached hydrogen (secondary N) is 2. The molecule has 1 atom stereocenters. The first kappa shape index (κ1) is 16.0. The molecule has 0 saturated carbocycles. The van der Waals surface area contributed by atoms with Crippen molar-refractivity contribution >= 4 is 11.7 Å². The van der Waals surface area contributed by atoms with E-state index >= 15 is 0 Å². The summed E-state index contributed by atoms with van der Waals surface area (Å²) in [6.45, 7) is 0.145. The van der Waals surface area contributed by atoms with Crippen LogP contribution in [0.2, 0.25) is 0 Å². The lowest BCUT2D eigenvalue weighted by Crippen LogP contribution is -2.40. The fourth-order valence-corrected chi connectivity index (χ4v) is 2.75. The number of rotatable bonds is 4. The van der Waals surface area contributed by atoms with Gasteiger partial charge in [0.15, 0.2) is 17.3 Å². The molecule has 0 radical (unpaired) electrons. The third-order valence-electron chi connectivity index (χ3n) is 4.03. The molecule has 1 amide bonds. The smallest absolute Gasteiger partial charge is 0.270 e. The molecule has 1 unspecified atom stereocenters. The molecular formula is C19H17N3O4. The van der Waals surface area contributed by atoms with Gasteiger partial charge in [0.25, 0.3) is 5.91 Å². The maximum absolute atomic E-state index is 12.5. The van der Waals surface area contributed by atoms with Crippen LogP contribution in [0.15, 0.2) is 54.6 Å². The van der Waals surface area contributed by atoms with Gasteiger partial charge in [-0.3, -0.25) is 9.89 Å². The SMILES string of the molecule is COc1ccccc1-c1cc(NC(=O)C2COc3ccccc3O2)n[nH]1. The number of aromatic nitrogens is 2. The van der Waals surface area contributed by atoms with Gasteiger partial charge < -0.3 is 19.5 Å². The van der Waals surface area contributed by atoms with E-state index < -0.39 is 6.10 Å². The van der Waals surface area contributed by atoms with E-state index in [0.29, 0.717) is 17.3 Å². The minimum atomic E-state index is -0.740. The van der Waals surface area contributed by atoms with Crippen LogP contribution in [0.5, 0.6) is 17.2 Å². The number of anilines is 1. The summed E-state index contributed by atoms with van der Waals surface area (Å²) in [7, 11) is 1.61. The molecule has 2 heterocycles. The molecule has 7 heteroatoms. The maximum atomic E-state index is 12.5. The molecule has 3 aromatic rings. The van der Waals surface area contributed by atoms with Gasteiger partial charge in [-0.25, -0.2) is 0 Å². The number of methoxy groups -OCH3 is 1. The molecule has 1 aliphatic rings. The second-order valence-electron chi connectivity index (χ2n) is 5.72. The minimum absolute atomic E-state index is 0.145. The summed E-state index contributed by atoms with van der Waals surface area (Å²) in [6.07, 6.45) is -0.740. The Morgan fingerprint density at radius 3 is 2.81 bits per heavy atom. The van der Waals surface area contributed by atoms with Gasteiger partial charge in [-0.1, -0.05) is 24.3 Å². The summed E-state index contributed by atoms with van der Waals surface area (Å²) in [5.74, 6) is 1.98. The van der Waals surface area contributed by atoms with Gasteiger partial charge in [-0.15, -0.1) is 0 Å². The van der Waals surface area contributed by atoms with E-state index in [9.17, 15) is 4.79 Å². The van der Waals surface area contributed by atoms with Gasteiger partial charge in [0.1, 0.15) is 12.4 Å². The van der Waals surface area contributed by atoms with Crippen molar-refractivity contribution in [3.05, 3.63) is 54.6 Å². The average Bonchev–Trinajstić information content (AvgIpc) is 3.15. The van der Waals surface area contributed by atoms with Crippen molar-refractivity contribution < 1.29 is 19.0 Å². The molecule has 0 fully saturated rings. The number of carbonyl (C=O) groups excluding carboxylic acids is 1. The van der Waals surface area contributed by atoms with Gasteiger partial charge in [-0.05, 0) is 24.3 Å². The first-order valence-electron chi connectivity index (χ1n) is 8.13. The number of H-pyrrole nitrogens is 1. The second kappa shape index (κ2) is 6.79. The van der Waals surface area contributed by atoms with E-state index in [0.717, 1.165) is 17.0 Å². The number of aromatic amines is 1. The van der Waals surface area contributed by atoms with E-state index in [4.69, 9.17) is 14.2 Å². The summed E-state index contributed by atoms with van der Waals surface area (Å²) in [5, 5.41) is 9.79. The molecular weight excluding hydrogens is 334 g/mol. The first-order valence-corrected chi connectivity index (χ1v) is 8.13. The lowest BCUT2D eigenvalue weighted by atomic mass is 10.1. The summed E-state index contributed by atoms with van der Waals surface area (Å²) < 4.78 is 16.6. The van der Waals surface area contributed by atoms with Crippen LogP contribution in [-0.2, 0) is 4.79 Å². The number of benzene rings is 2. The van der Waals surface area contributed by atoms with Crippen LogP contribution in [0, 0.1) is 0 Å². The Bertz CT molecular complexity index is 938. The van der Waals surface area contributed by atoms with Gasteiger partial charge in [0, 0.05) is 11.6 Å². The molecule has 7 nitrogen and oxygen atoms in total. The van der Waals surface area contributed by atoms with E-state index in [1.54, 1.807) is 25.3 Å². The van der Waals surface area contributed by atoms with Gasteiger partial charge in [-0.2, -0.15) is 5.10 Å². The number of nitrogens with zero attached hydrogens (tertiary/aromatic N) is 1. The van der Waals surface area contributed by atoms with Crippen molar-refractivity contribution in [2.24, 2.45) is 0 Å². The van der Waals surface area contributed by atoms with Crippen molar-refractivity contribution in [2.45, 2.75) is 6.10 Å². The molecule has 26 heavy (non-hydrogen) atoms. The van der Waals surface area contributed by atoms with E-state index in [1.165, 1.54) is 0 Å². The molecule has 132 valence electrons. The topological polar surface area (TPSA) is 85.5 Å². The Kier molecular flexibility index (Phi) is 4.18. The normalized spacial score (nSPS) is 15.3. The lowest BCUT2D eigenvalue weighted by Gasteiger charge is -2.25.